The Kier molecular flexibility index (Phi) is 3.53. The van der Waals surface area contributed by atoms with E-state index in [-0.39, 0.29) is 0 Å². The Morgan fingerprint density at radius 3 is 2.46 bits per heavy atom. The Hall–Kier alpha value is -0.780. The zero-order chi connectivity index (χ0) is 9.84. The van der Waals surface area contributed by atoms with Gasteiger partial charge in [0, 0.05) is 0 Å². The fourth-order valence-electron chi connectivity index (χ4n) is 1.64. The molecule has 0 N–H and O–H groups in total. The molecule has 2 unspecified atom stereocenters. The van der Waals surface area contributed by atoms with Crippen molar-refractivity contribution < 1.29 is 0 Å². The molecule has 0 nitrogen and oxygen atoms in total. The van der Waals surface area contributed by atoms with Crippen molar-refractivity contribution in [2.24, 2.45) is 5.92 Å². The van der Waals surface area contributed by atoms with Gasteiger partial charge in [-0.25, -0.2) is 0 Å². The van der Waals surface area contributed by atoms with E-state index in [4.69, 9.17) is 0 Å². The van der Waals surface area contributed by atoms with Crippen molar-refractivity contribution in [1.82, 2.24) is 0 Å². The molecule has 1 aromatic rings. The Morgan fingerprint density at radius 1 is 1.23 bits per heavy atom. The SMILES string of the molecule is CCC(C)C(C)c1cccc(C)c1. The molecule has 0 aromatic heterocycles. The molecule has 0 bridgehead atoms. The quantitative estimate of drug-likeness (QED) is 0.649. The maximum Gasteiger partial charge on any atom is -0.0165 e. The highest BCUT2D eigenvalue weighted by Gasteiger charge is 2.11. The maximum absolute atomic E-state index is 2.33. The first kappa shape index (κ1) is 10.3. The lowest BCUT2D eigenvalue weighted by Crippen LogP contribution is -2.04. The van der Waals surface area contributed by atoms with Crippen LogP contribution in [0.25, 0.3) is 0 Å². The fourth-order valence-corrected chi connectivity index (χ4v) is 1.64. The van der Waals surface area contributed by atoms with Crippen LogP contribution in [0.4, 0.5) is 0 Å². The highest BCUT2D eigenvalue weighted by atomic mass is 14.2. The summed E-state index contributed by atoms with van der Waals surface area (Å²) in [5, 5.41) is 0. The number of rotatable bonds is 3. The molecule has 0 saturated carbocycles. The third-order valence-corrected chi connectivity index (χ3v) is 3.07. The van der Waals surface area contributed by atoms with Gasteiger partial charge in [-0.3, -0.25) is 0 Å². The van der Waals surface area contributed by atoms with Crippen molar-refractivity contribution in [2.45, 2.75) is 40.0 Å². The molecule has 0 saturated heterocycles. The minimum atomic E-state index is 0.685. The van der Waals surface area contributed by atoms with Crippen molar-refractivity contribution in [3.63, 3.8) is 0 Å². The zero-order valence-electron chi connectivity index (χ0n) is 9.17. The first-order chi connectivity index (χ1) is 6.15. The molecule has 0 aliphatic carbocycles. The molecule has 2 atom stereocenters. The summed E-state index contributed by atoms with van der Waals surface area (Å²) in [5.41, 5.74) is 2.85. The molecule has 0 fully saturated rings. The van der Waals surface area contributed by atoms with Gasteiger partial charge in [0.15, 0.2) is 0 Å². The lowest BCUT2D eigenvalue weighted by atomic mass is 9.87. The smallest absolute Gasteiger partial charge is 0.0165 e. The molecule has 72 valence electrons. The van der Waals surface area contributed by atoms with Crippen LogP contribution in [0, 0.1) is 12.8 Å². The van der Waals surface area contributed by atoms with Crippen LogP contribution in [0.1, 0.15) is 44.2 Å². The van der Waals surface area contributed by atoms with Gasteiger partial charge in [-0.15, -0.1) is 0 Å². The van der Waals surface area contributed by atoms with Crippen molar-refractivity contribution in [3.05, 3.63) is 35.4 Å². The maximum atomic E-state index is 2.33. The van der Waals surface area contributed by atoms with Crippen LogP contribution < -0.4 is 0 Å². The van der Waals surface area contributed by atoms with Crippen LogP contribution in [0.5, 0.6) is 0 Å². The van der Waals surface area contributed by atoms with E-state index < -0.39 is 0 Å². The molecule has 13 heavy (non-hydrogen) atoms. The highest BCUT2D eigenvalue weighted by molar-refractivity contribution is 5.25. The van der Waals surface area contributed by atoms with Gasteiger partial charge < -0.3 is 0 Å². The van der Waals surface area contributed by atoms with E-state index >= 15 is 0 Å². The van der Waals surface area contributed by atoms with Gasteiger partial charge in [0.25, 0.3) is 0 Å². The second kappa shape index (κ2) is 4.45. The predicted octanol–water partition coefficient (Wildman–Crippen LogP) is 4.14. The standard InChI is InChI=1S/C13H20/c1-5-11(3)12(4)13-8-6-7-10(2)9-13/h6-9,11-12H,5H2,1-4H3. The zero-order valence-corrected chi connectivity index (χ0v) is 9.17. The van der Waals surface area contributed by atoms with Crippen molar-refractivity contribution in [3.8, 4) is 0 Å². The molecular formula is C13H20. The van der Waals surface area contributed by atoms with E-state index in [1.807, 2.05) is 0 Å². The lowest BCUT2D eigenvalue weighted by Gasteiger charge is -2.18. The summed E-state index contributed by atoms with van der Waals surface area (Å²) in [7, 11) is 0. The number of hydrogen-bond acceptors (Lipinski definition) is 0. The minimum absolute atomic E-state index is 0.685. The van der Waals surface area contributed by atoms with Crippen molar-refractivity contribution in [1.29, 1.82) is 0 Å². The molecule has 1 aromatic carbocycles. The Balaban J connectivity index is 2.82. The molecular weight excluding hydrogens is 156 g/mol. The minimum Gasteiger partial charge on any atom is -0.0651 e. The van der Waals surface area contributed by atoms with Gasteiger partial charge in [0.05, 0.1) is 0 Å². The largest absolute Gasteiger partial charge is 0.0651 e. The van der Waals surface area contributed by atoms with E-state index in [2.05, 4.69) is 52.0 Å². The van der Waals surface area contributed by atoms with Gasteiger partial charge in [0.2, 0.25) is 0 Å². The summed E-state index contributed by atoms with van der Waals surface area (Å²) in [6.45, 7) is 9.07. The third-order valence-electron chi connectivity index (χ3n) is 3.07. The normalized spacial score (nSPS) is 15.4. The Morgan fingerprint density at radius 2 is 1.92 bits per heavy atom. The van der Waals surface area contributed by atoms with Gasteiger partial charge >= 0.3 is 0 Å². The lowest BCUT2D eigenvalue weighted by molar-refractivity contribution is 0.473. The number of aryl methyl sites for hydroxylation is 1. The second-order valence-corrected chi connectivity index (χ2v) is 4.09. The summed E-state index contributed by atoms with van der Waals surface area (Å²) in [5.74, 6) is 1.46. The van der Waals surface area contributed by atoms with E-state index in [1.54, 1.807) is 0 Å². The predicted molar refractivity (Wildman–Crippen MR) is 59.0 cm³/mol. The second-order valence-electron chi connectivity index (χ2n) is 4.09. The van der Waals surface area contributed by atoms with Gasteiger partial charge in [-0.05, 0) is 24.3 Å². The van der Waals surface area contributed by atoms with Crippen molar-refractivity contribution in [2.75, 3.05) is 0 Å². The summed E-state index contributed by atoms with van der Waals surface area (Å²) in [4.78, 5) is 0. The summed E-state index contributed by atoms with van der Waals surface area (Å²) < 4.78 is 0. The summed E-state index contributed by atoms with van der Waals surface area (Å²) in [6, 6.07) is 8.86. The van der Waals surface area contributed by atoms with E-state index in [0.29, 0.717) is 5.92 Å². The van der Waals surface area contributed by atoms with Crippen LogP contribution in [0.3, 0.4) is 0 Å². The molecule has 0 amide bonds. The van der Waals surface area contributed by atoms with Crippen LogP contribution in [-0.4, -0.2) is 0 Å². The Bertz CT molecular complexity index is 262. The average Bonchev–Trinajstić information content (AvgIpc) is 2.15. The molecule has 0 aliphatic rings. The van der Waals surface area contributed by atoms with Gasteiger partial charge in [-0.2, -0.15) is 0 Å². The molecule has 1 rings (SSSR count). The van der Waals surface area contributed by atoms with Crippen LogP contribution >= 0.6 is 0 Å². The summed E-state index contributed by atoms with van der Waals surface area (Å²) in [6.07, 6.45) is 1.26. The molecule has 0 heteroatoms. The Labute approximate surface area is 82.0 Å². The first-order valence-electron chi connectivity index (χ1n) is 5.21. The van der Waals surface area contributed by atoms with Gasteiger partial charge in [-0.1, -0.05) is 57.0 Å². The monoisotopic (exact) mass is 176 g/mol. The molecule has 0 radical (unpaired) electrons. The van der Waals surface area contributed by atoms with Gasteiger partial charge in [0.1, 0.15) is 0 Å². The van der Waals surface area contributed by atoms with Crippen LogP contribution in [0.15, 0.2) is 24.3 Å². The topological polar surface area (TPSA) is 0 Å². The first-order valence-corrected chi connectivity index (χ1v) is 5.21. The van der Waals surface area contributed by atoms with Crippen molar-refractivity contribution >= 4 is 0 Å². The molecule has 0 aliphatic heterocycles. The number of hydrogen-bond donors (Lipinski definition) is 0. The fraction of sp³-hybridized carbons (Fsp3) is 0.538. The molecule has 0 spiro atoms. The molecule has 0 heterocycles. The number of benzene rings is 1. The van der Waals surface area contributed by atoms with E-state index in [9.17, 15) is 0 Å². The highest BCUT2D eigenvalue weighted by Crippen LogP contribution is 2.26. The third kappa shape index (κ3) is 2.58. The van der Waals surface area contributed by atoms with Crippen LogP contribution in [0.2, 0.25) is 0 Å². The summed E-state index contributed by atoms with van der Waals surface area (Å²) >= 11 is 0. The van der Waals surface area contributed by atoms with E-state index in [1.165, 1.54) is 17.5 Å². The van der Waals surface area contributed by atoms with Crippen LogP contribution in [-0.2, 0) is 0 Å². The van der Waals surface area contributed by atoms with E-state index in [0.717, 1.165) is 5.92 Å². The average molecular weight is 176 g/mol.